The number of methoxy groups -OCH3 is 1. The number of carbonyl (C=O) groups excluding carboxylic acids is 1. The van der Waals surface area contributed by atoms with Gasteiger partial charge in [-0.1, -0.05) is 0 Å². The molecule has 0 aliphatic heterocycles. The molecule has 2 rings (SSSR count). The smallest absolute Gasteiger partial charge is 0.221 e. The van der Waals surface area contributed by atoms with Crippen LogP contribution in [0, 0.1) is 0 Å². The standard InChI is InChI=1S/C13H24N2O2/c1-17-12-4-2-3-11(9-12)14-8-7-13(16)15-10-5-6-10/h10-12,14H,2-9H2,1H3,(H,15,16). The highest BCUT2D eigenvalue weighted by Gasteiger charge is 2.24. The second kappa shape index (κ2) is 6.36. The van der Waals surface area contributed by atoms with E-state index in [9.17, 15) is 4.79 Å². The van der Waals surface area contributed by atoms with Crippen LogP contribution in [0.3, 0.4) is 0 Å². The molecule has 2 aliphatic rings. The number of hydrogen-bond donors (Lipinski definition) is 2. The van der Waals surface area contributed by atoms with Crippen LogP contribution in [0.2, 0.25) is 0 Å². The Morgan fingerprint density at radius 3 is 2.76 bits per heavy atom. The number of amides is 1. The van der Waals surface area contributed by atoms with Crippen LogP contribution >= 0.6 is 0 Å². The molecule has 0 bridgehead atoms. The molecule has 2 atom stereocenters. The molecule has 4 heteroatoms. The molecule has 98 valence electrons. The SMILES string of the molecule is COC1CCCC(NCCC(=O)NC2CC2)C1. The summed E-state index contributed by atoms with van der Waals surface area (Å²) in [6, 6.07) is 1.01. The molecule has 0 spiro atoms. The quantitative estimate of drug-likeness (QED) is 0.733. The fraction of sp³-hybridized carbons (Fsp3) is 0.923. The second-order valence-electron chi connectivity index (χ2n) is 5.27. The van der Waals surface area contributed by atoms with Crippen molar-refractivity contribution in [3.05, 3.63) is 0 Å². The summed E-state index contributed by atoms with van der Waals surface area (Å²) in [6.07, 6.45) is 8.03. The van der Waals surface area contributed by atoms with Gasteiger partial charge in [0.15, 0.2) is 0 Å². The molecule has 2 saturated carbocycles. The van der Waals surface area contributed by atoms with Gasteiger partial charge in [-0.2, -0.15) is 0 Å². The van der Waals surface area contributed by atoms with Crippen molar-refractivity contribution in [1.82, 2.24) is 10.6 Å². The lowest BCUT2D eigenvalue weighted by atomic mass is 9.93. The molecule has 2 aliphatic carbocycles. The van der Waals surface area contributed by atoms with Crippen molar-refractivity contribution in [2.75, 3.05) is 13.7 Å². The Morgan fingerprint density at radius 2 is 2.06 bits per heavy atom. The Labute approximate surface area is 103 Å². The van der Waals surface area contributed by atoms with Crippen LogP contribution in [-0.4, -0.2) is 37.7 Å². The third-order valence-electron chi connectivity index (χ3n) is 3.69. The van der Waals surface area contributed by atoms with Crippen LogP contribution in [0.4, 0.5) is 0 Å². The third-order valence-corrected chi connectivity index (χ3v) is 3.69. The third kappa shape index (κ3) is 4.64. The molecule has 0 radical (unpaired) electrons. The molecule has 1 amide bonds. The highest BCUT2D eigenvalue weighted by atomic mass is 16.5. The molecule has 2 N–H and O–H groups in total. The van der Waals surface area contributed by atoms with E-state index in [1.165, 1.54) is 19.3 Å². The highest BCUT2D eigenvalue weighted by Crippen LogP contribution is 2.20. The number of carbonyl (C=O) groups is 1. The normalized spacial score (nSPS) is 29.0. The van der Waals surface area contributed by atoms with Gasteiger partial charge in [0.05, 0.1) is 6.10 Å². The van der Waals surface area contributed by atoms with Gasteiger partial charge in [0, 0.05) is 32.2 Å². The molecule has 0 heterocycles. The maximum atomic E-state index is 11.5. The zero-order valence-corrected chi connectivity index (χ0v) is 10.7. The van der Waals surface area contributed by atoms with E-state index >= 15 is 0 Å². The van der Waals surface area contributed by atoms with E-state index in [0.29, 0.717) is 24.6 Å². The maximum absolute atomic E-state index is 11.5. The van der Waals surface area contributed by atoms with Gasteiger partial charge >= 0.3 is 0 Å². The molecule has 0 aromatic rings. The van der Waals surface area contributed by atoms with Crippen molar-refractivity contribution in [2.45, 2.75) is 63.1 Å². The Bertz CT molecular complexity index is 254. The topological polar surface area (TPSA) is 50.4 Å². The fourth-order valence-electron chi connectivity index (χ4n) is 2.46. The molecular formula is C13H24N2O2. The second-order valence-corrected chi connectivity index (χ2v) is 5.27. The summed E-state index contributed by atoms with van der Waals surface area (Å²) in [7, 11) is 1.79. The summed E-state index contributed by atoms with van der Waals surface area (Å²) in [4.78, 5) is 11.5. The monoisotopic (exact) mass is 240 g/mol. The average molecular weight is 240 g/mol. The van der Waals surface area contributed by atoms with Crippen molar-refractivity contribution in [3.63, 3.8) is 0 Å². The molecule has 2 fully saturated rings. The van der Waals surface area contributed by atoms with Gasteiger partial charge in [-0.05, 0) is 38.5 Å². The summed E-state index contributed by atoms with van der Waals surface area (Å²) in [5, 5.41) is 6.48. The number of ether oxygens (including phenoxy) is 1. The van der Waals surface area contributed by atoms with E-state index in [1.807, 2.05) is 0 Å². The lowest BCUT2D eigenvalue weighted by Gasteiger charge is -2.28. The van der Waals surface area contributed by atoms with Crippen molar-refractivity contribution in [2.24, 2.45) is 0 Å². The molecule has 4 nitrogen and oxygen atoms in total. The number of rotatable bonds is 6. The molecule has 17 heavy (non-hydrogen) atoms. The lowest BCUT2D eigenvalue weighted by molar-refractivity contribution is -0.121. The first kappa shape index (κ1) is 12.8. The van der Waals surface area contributed by atoms with Crippen LogP contribution in [-0.2, 0) is 9.53 Å². The van der Waals surface area contributed by atoms with E-state index in [4.69, 9.17) is 4.74 Å². The van der Waals surface area contributed by atoms with Gasteiger partial charge in [0.2, 0.25) is 5.91 Å². The summed E-state index contributed by atoms with van der Waals surface area (Å²) < 4.78 is 5.39. The Balaban J connectivity index is 1.55. The zero-order chi connectivity index (χ0) is 12.1. The summed E-state index contributed by atoms with van der Waals surface area (Å²) >= 11 is 0. The predicted octanol–water partition coefficient (Wildman–Crippen LogP) is 1.20. The van der Waals surface area contributed by atoms with E-state index in [1.54, 1.807) is 7.11 Å². The first-order valence-corrected chi connectivity index (χ1v) is 6.83. The van der Waals surface area contributed by atoms with E-state index in [0.717, 1.165) is 25.8 Å². The van der Waals surface area contributed by atoms with Crippen LogP contribution in [0.15, 0.2) is 0 Å². The Hall–Kier alpha value is -0.610. The molecule has 0 aromatic carbocycles. The van der Waals surface area contributed by atoms with Crippen LogP contribution < -0.4 is 10.6 Å². The van der Waals surface area contributed by atoms with Crippen molar-refractivity contribution < 1.29 is 9.53 Å². The van der Waals surface area contributed by atoms with Crippen LogP contribution in [0.25, 0.3) is 0 Å². The van der Waals surface area contributed by atoms with E-state index < -0.39 is 0 Å². The maximum Gasteiger partial charge on any atom is 0.221 e. The average Bonchev–Trinajstić information content (AvgIpc) is 3.13. The molecule has 0 saturated heterocycles. The lowest BCUT2D eigenvalue weighted by Crippen LogP contribution is -2.38. The number of nitrogens with one attached hydrogen (secondary N) is 2. The van der Waals surface area contributed by atoms with Crippen LogP contribution in [0.1, 0.15) is 44.9 Å². The van der Waals surface area contributed by atoms with Gasteiger partial charge < -0.3 is 15.4 Å². The van der Waals surface area contributed by atoms with Crippen molar-refractivity contribution >= 4 is 5.91 Å². The Morgan fingerprint density at radius 1 is 1.24 bits per heavy atom. The highest BCUT2D eigenvalue weighted by molar-refractivity contribution is 5.76. The van der Waals surface area contributed by atoms with Gasteiger partial charge in [-0.3, -0.25) is 4.79 Å². The molecule has 0 aromatic heterocycles. The van der Waals surface area contributed by atoms with E-state index in [2.05, 4.69) is 10.6 Å². The minimum Gasteiger partial charge on any atom is -0.381 e. The summed E-state index contributed by atoms with van der Waals surface area (Å²) in [5.74, 6) is 0.194. The predicted molar refractivity (Wildman–Crippen MR) is 66.8 cm³/mol. The fourth-order valence-corrected chi connectivity index (χ4v) is 2.46. The zero-order valence-electron chi connectivity index (χ0n) is 10.7. The Kier molecular flexibility index (Phi) is 4.80. The molecular weight excluding hydrogens is 216 g/mol. The van der Waals surface area contributed by atoms with Crippen LogP contribution in [0.5, 0.6) is 0 Å². The summed E-state index contributed by atoms with van der Waals surface area (Å²) in [6.45, 7) is 0.791. The van der Waals surface area contributed by atoms with Gasteiger partial charge in [0.1, 0.15) is 0 Å². The largest absolute Gasteiger partial charge is 0.381 e. The summed E-state index contributed by atoms with van der Waals surface area (Å²) in [5.41, 5.74) is 0. The minimum absolute atomic E-state index is 0.194. The minimum atomic E-state index is 0.194. The van der Waals surface area contributed by atoms with Crippen molar-refractivity contribution in [3.8, 4) is 0 Å². The van der Waals surface area contributed by atoms with Crippen molar-refractivity contribution in [1.29, 1.82) is 0 Å². The number of hydrogen-bond acceptors (Lipinski definition) is 3. The first-order valence-electron chi connectivity index (χ1n) is 6.83. The first-order chi connectivity index (χ1) is 8.28. The van der Waals surface area contributed by atoms with Gasteiger partial charge in [0.25, 0.3) is 0 Å². The van der Waals surface area contributed by atoms with Gasteiger partial charge in [-0.15, -0.1) is 0 Å². The molecule has 2 unspecified atom stereocenters. The van der Waals surface area contributed by atoms with Gasteiger partial charge in [-0.25, -0.2) is 0 Å². The van der Waals surface area contributed by atoms with E-state index in [-0.39, 0.29) is 5.91 Å².